The number of nitrogens with one attached hydrogen (secondary N) is 3. The van der Waals surface area contributed by atoms with E-state index in [0.717, 1.165) is 29.1 Å². The van der Waals surface area contributed by atoms with Crippen molar-refractivity contribution in [3.63, 3.8) is 0 Å². The van der Waals surface area contributed by atoms with E-state index in [4.69, 9.17) is 0 Å². The van der Waals surface area contributed by atoms with E-state index >= 15 is 0 Å². The topological polar surface area (TPSA) is 60.7 Å². The summed E-state index contributed by atoms with van der Waals surface area (Å²) in [4.78, 5) is 16.7. The zero-order valence-corrected chi connectivity index (χ0v) is 11.2. The molecule has 1 aromatic carbocycles. The van der Waals surface area contributed by atoms with Gasteiger partial charge in [-0.15, -0.1) is 0 Å². The molecule has 1 unspecified atom stereocenters. The lowest BCUT2D eigenvalue weighted by atomic mass is 10.0. The Morgan fingerprint density at radius 1 is 1.11 bits per heavy atom. The standard InChI is InChI=1S/C14H21N3O/c1-9(2)4-5-10(3)15-11-6-7-12-13(8-11)17-14(18)16-12/h6-10,15H,4-5H2,1-3H3,(H2,16,17,18). The van der Waals surface area contributed by atoms with Gasteiger partial charge in [0.1, 0.15) is 0 Å². The van der Waals surface area contributed by atoms with Gasteiger partial charge < -0.3 is 15.3 Å². The molecule has 0 aliphatic carbocycles. The number of anilines is 1. The van der Waals surface area contributed by atoms with Gasteiger partial charge in [0.2, 0.25) is 0 Å². The Kier molecular flexibility index (Phi) is 3.75. The summed E-state index contributed by atoms with van der Waals surface area (Å²) in [5.74, 6) is 0.734. The molecule has 1 aromatic heterocycles. The van der Waals surface area contributed by atoms with Crippen LogP contribution >= 0.6 is 0 Å². The summed E-state index contributed by atoms with van der Waals surface area (Å²) >= 11 is 0. The molecule has 0 fully saturated rings. The van der Waals surface area contributed by atoms with Crippen molar-refractivity contribution in [2.75, 3.05) is 5.32 Å². The second-order valence-corrected chi connectivity index (χ2v) is 5.36. The van der Waals surface area contributed by atoms with Crippen LogP contribution in [0.3, 0.4) is 0 Å². The average molecular weight is 247 g/mol. The van der Waals surface area contributed by atoms with Gasteiger partial charge in [0.25, 0.3) is 0 Å². The van der Waals surface area contributed by atoms with E-state index in [9.17, 15) is 4.79 Å². The predicted octanol–water partition coefficient (Wildman–Crippen LogP) is 3.09. The first-order chi connectivity index (χ1) is 8.54. The Morgan fingerprint density at radius 3 is 2.56 bits per heavy atom. The highest BCUT2D eigenvalue weighted by atomic mass is 16.1. The van der Waals surface area contributed by atoms with Crippen LogP contribution in [0.15, 0.2) is 23.0 Å². The second-order valence-electron chi connectivity index (χ2n) is 5.36. The zero-order chi connectivity index (χ0) is 13.1. The highest BCUT2D eigenvalue weighted by molar-refractivity contribution is 5.78. The molecule has 0 spiro atoms. The largest absolute Gasteiger partial charge is 0.383 e. The predicted molar refractivity (Wildman–Crippen MR) is 76.1 cm³/mol. The molecular formula is C14H21N3O. The summed E-state index contributed by atoms with van der Waals surface area (Å²) in [5.41, 5.74) is 2.59. The third-order valence-corrected chi connectivity index (χ3v) is 3.11. The van der Waals surface area contributed by atoms with Crippen LogP contribution < -0.4 is 11.0 Å². The molecule has 2 aromatic rings. The SMILES string of the molecule is CC(C)CCC(C)Nc1ccc2[nH]c(=O)[nH]c2c1. The lowest BCUT2D eigenvalue weighted by molar-refractivity contribution is 0.528. The second kappa shape index (κ2) is 5.29. The van der Waals surface area contributed by atoms with E-state index in [1.54, 1.807) is 0 Å². The summed E-state index contributed by atoms with van der Waals surface area (Å²) in [6, 6.07) is 6.33. The lowest BCUT2D eigenvalue weighted by Gasteiger charge is -2.16. The molecule has 2 rings (SSSR count). The minimum atomic E-state index is -0.157. The van der Waals surface area contributed by atoms with Crippen molar-refractivity contribution in [2.45, 2.75) is 39.7 Å². The molecule has 1 heterocycles. The van der Waals surface area contributed by atoms with Gasteiger partial charge in [-0.05, 0) is 43.9 Å². The molecule has 98 valence electrons. The lowest BCUT2D eigenvalue weighted by Crippen LogP contribution is -2.15. The number of aromatic amines is 2. The Hall–Kier alpha value is -1.71. The fraction of sp³-hybridized carbons (Fsp3) is 0.500. The van der Waals surface area contributed by atoms with Gasteiger partial charge in [0.05, 0.1) is 11.0 Å². The maximum atomic E-state index is 11.2. The van der Waals surface area contributed by atoms with Crippen molar-refractivity contribution in [1.29, 1.82) is 0 Å². The van der Waals surface area contributed by atoms with Crippen LogP contribution in [-0.4, -0.2) is 16.0 Å². The van der Waals surface area contributed by atoms with Crippen LogP contribution in [0.2, 0.25) is 0 Å². The minimum absolute atomic E-state index is 0.157. The summed E-state index contributed by atoms with van der Waals surface area (Å²) in [5, 5.41) is 3.46. The van der Waals surface area contributed by atoms with Crippen LogP contribution in [0.25, 0.3) is 11.0 Å². The van der Waals surface area contributed by atoms with Crippen molar-refractivity contribution in [1.82, 2.24) is 9.97 Å². The van der Waals surface area contributed by atoms with E-state index < -0.39 is 0 Å². The Labute approximate surface area is 107 Å². The number of hydrogen-bond donors (Lipinski definition) is 3. The van der Waals surface area contributed by atoms with Crippen molar-refractivity contribution in [3.05, 3.63) is 28.7 Å². The molecule has 0 saturated carbocycles. The van der Waals surface area contributed by atoms with Gasteiger partial charge in [0.15, 0.2) is 0 Å². The van der Waals surface area contributed by atoms with Crippen LogP contribution in [0.1, 0.15) is 33.6 Å². The van der Waals surface area contributed by atoms with Crippen LogP contribution in [-0.2, 0) is 0 Å². The van der Waals surface area contributed by atoms with Gasteiger partial charge in [-0.2, -0.15) is 0 Å². The third-order valence-electron chi connectivity index (χ3n) is 3.11. The fourth-order valence-electron chi connectivity index (χ4n) is 2.06. The van der Waals surface area contributed by atoms with Gasteiger partial charge in [-0.25, -0.2) is 4.79 Å². The molecule has 0 aliphatic heterocycles. The van der Waals surface area contributed by atoms with E-state index in [0.29, 0.717) is 6.04 Å². The molecule has 0 bridgehead atoms. The van der Waals surface area contributed by atoms with E-state index in [1.807, 2.05) is 18.2 Å². The molecule has 0 saturated heterocycles. The Bertz CT molecular complexity index is 568. The highest BCUT2D eigenvalue weighted by Gasteiger charge is 2.05. The molecule has 18 heavy (non-hydrogen) atoms. The summed E-state index contributed by atoms with van der Waals surface area (Å²) in [7, 11) is 0. The van der Waals surface area contributed by atoms with Crippen LogP contribution in [0, 0.1) is 5.92 Å². The van der Waals surface area contributed by atoms with Crippen molar-refractivity contribution < 1.29 is 0 Å². The van der Waals surface area contributed by atoms with Crippen molar-refractivity contribution in [2.24, 2.45) is 5.92 Å². The van der Waals surface area contributed by atoms with Gasteiger partial charge in [-0.3, -0.25) is 0 Å². The monoisotopic (exact) mass is 247 g/mol. The number of hydrogen-bond acceptors (Lipinski definition) is 2. The quantitative estimate of drug-likeness (QED) is 0.760. The first kappa shape index (κ1) is 12.7. The van der Waals surface area contributed by atoms with E-state index in [-0.39, 0.29) is 5.69 Å². The van der Waals surface area contributed by atoms with Gasteiger partial charge in [-0.1, -0.05) is 13.8 Å². The molecule has 0 aliphatic rings. The third kappa shape index (κ3) is 3.15. The fourth-order valence-corrected chi connectivity index (χ4v) is 2.06. The number of imidazole rings is 1. The average Bonchev–Trinajstić information content (AvgIpc) is 2.66. The van der Waals surface area contributed by atoms with Crippen molar-refractivity contribution >= 4 is 16.7 Å². The highest BCUT2D eigenvalue weighted by Crippen LogP contribution is 2.17. The number of fused-ring (bicyclic) bond motifs is 1. The zero-order valence-electron chi connectivity index (χ0n) is 11.2. The molecule has 0 radical (unpaired) electrons. The smallest absolute Gasteiger partial charge is 0.323 e. The Morgan fingerprint density at radius 2 is 1.83 bits per heavy atom. The maximum Gasteiger partial charge on any atom is 0.323 e. The number of rotatable bonds is 5. The summed E-state index contributed by atoms with van der Waals surface area (Å²) in [6.45, 7) is 6.67. The van der Waals surface area contributed by atoms with Crippen LogP contribution in [0.5, 0.6) is 0 Å². The number of benzene rings is 1. The van der Waals surface area contributed by atoms with Crippen molar-refractivity contribution in [3.8, 4) is 0 Å². The van der Waals surface area contributed by atoms with E-state index in [1.165, 1.54) is 6.42 Å². The molecule has 0 amide bonds. The molecule has 4 heteroatoms. The van der Waals surface area contributed by atoms with Gasteiger partial charge >= 0.3 is 5.69 Å². The van der Waals surface area contributed by atoms with Gasteiger partial charge in [0, 0.05) is 11.7 Å². The summed E-state index contributed by atoms with van der Waals surface area (Å²) < 4.78 is 0. The molecule has 1 atom stereocenters. The molecule has 3 N–H and O–H groups in total. The maximum absolute atomic E-state index is 11.2. The minimum Gasteiger partial charge on any atom is -0.383 e. The molecule has 4 nitrogen and oxygen atoms in total. The number of H-pyrrole nitrogens is 2. The first-order valence-corrected chi connectivity index (χ1v) is 6.53. The number of aromatic nitrogens is 2. The molecular weight excluding hydrogens is 226 g/mol. The van der Waals surface area contributed by atoms with E-state index in [2.05, 4.69) is 36.1 Å². The Balaban J connectivity index is 2.04. The first-order valence-electron chi connectivity index (χ1n) is 6.53. The van der Waals surface area contributed by atoms with Crippen LogP contribution in [0.4, 0.5) is 5.69 Å². The normalized spacial score (nSPS) is 13.1. The summed E-state index contributed by atoms with van der Waals surface area (Å²) in [6.07, 6.45) is 2.37.